The molecule has 0 amide bonds. The number of hydrogen-bond acceptors (Lipinski definition) is 7. The molecule has 7 nitrogen and oxygen atoms in total. The van der Waals surface area contributed by atoms with Crippen molar-refractivity contribution in [2.45, 2.75) is 58.5 Å². The molecule has 4 aromatic rings. The zero-order chi connectivity index (χ0) is 32.8. The van der Waals surface area contributed by atoms with Crippen LogP contribution in [-0.4, -0.2) is 48.5 Å². The Bertz CT molecular complexity index is 1470. The summed E-state index contributed by atoms with van der Waals surface area (Å²) in [6.45, 7) is 9.19. The lowest BCUT2D eigenvalue weighted by molar-refractivity contribution is -0.460. The summed E-state index contributed by atoms with van der Waals surface area (Å²) in [6, 6.07) is 34.4. The molecule has 8 heteroatoms. The van der Waals surface area contributed by atoms with Crippen molar-refractivity contribution in [2.24, 2.45) is 5.41 Å². The number of rotatable bonds is 20. The van der Waals surface area contributed by atoms with Crippen LogP contribution < -0.4 is 19.4 Å². The van der Waals surface area contributed by atoms with E-state index >= 15 is 0 Å². The predicted molar refractivity (Wildman–Crippen MR) is 188 cm³/mol. The van der Waals surface area contributed by atoms with Crippen LogP contribution in [0.3, 0.4) is 0 Å². The first-order chi connectivity index (χ1) is 23.1. The van der Waals surface area contributed by atoms with Crippen LogP contribution in [-0.2, 0) is 18.9 Å². The Morgan fingerprint density at radius 3 is 1.62 bits per heavy atom. The molecule has 0 aromatic heterocycles. The van der Waals surface area contributed by atoms with Gasteiger partial charge in [-0.2, -0.15) is 0 Å². The first-order valence-corrected chi connectivity index (χ1v) is 18.7. The molecule has 0 saturated carbocycles. The summed E-state index contributed by atoms with van der Waals surface area (Å²) in [5.74, 6) is 2.90. The van der Waals surface area contributed by atoms with E-state index in [9.17, 15) is 0 Å². The lowest BCUT2D eigenvalue weighted by Gasteiger charge is -2.52. The summed E-state index contributed by atoms with van der Waals surface area (Å²) in [5.41, 5.74) is -0.302. The molecule has 5 rings (SSSR count). The van der Waals surface area contributed by atoms with E-state index in [1.807, 2.05) is 97.1 Å². The van der Waals surface area contributed by atoms with Crippen LogP contribution in [0.25, 0.3) is 0 Å². The molecule has 0 unspecified atom stereocenters. The lowest BCUT2D eigenvalue weighted by atomic mass is 9.80. The minimum Gasteiger partial charge on any atom is -0.453 e. The van der Waals surface area contributed by atoms with E-state index in [0.29, 0.717) is 56.0 Å². The van der Waals surface area contributed by atoms with Gasteiger partial charge in [-0.1, -0.05) is 87.5 Å². The second-order valence-electron chi connectivity index (χ2n) is 11.8. The summed E-state index contributed by atoms with van der Waals surface area (Å²) in [5, 5.41) is 1.15. The molecule has 1 aliphatic rings. The minimum absolute atomic E-state index is 0.302. The van der Waals surface area contributed by atoms with Gasteiger partial charge in [0, 0.05) is 0 Å². The summed E-state index contributed by atoms with van der Waals surface area (Å²) in [7, 11) is -0.827. The van der Waals surface area contributed by atoms with Crippen molar-refractivity contribution in [2.75, 3.05) is 33.0 Å². The number of ether oxygens (including phenoxy) is 7. The second-order valence-corrected chi connectivity index (χ2v) is 13.8. The highest BCUT2D eigenvalue weighted by atomic mass is 28.2. The molecule has 0 N–H and O–H groups in total. The Morgan fingerprint density at radius 1 is 0.617 bits per heavy atom. The molecule has 4 aromatic carbocycles. The molecule has 47 heavy (non-hydrogen) atoms. The number of para-hydroxylation sites is 3. The third kappa shape index (κ3) is 8.83. The summed E-state index contributed by atoms with van der Waals surface area (Å²) >= 11 is 0. The van der Waals surface area contributed by atoms with Crippen molar-refractivity contribution in [3.05, 3.63) is 103 Å². The molecular weight excluding hydrogens is 609 g/mol. The third-order valence-electron chi connectivity index (χ3n) is 8.26. The Labute approximate surface area is 281 Å². The van der Waals surface area contributed by atoms with Crippen LogP contribution >= 0.6 is 0 Å². The predicted octanol–water partition coefficient (Wildman–Crippen LogP) is 8.62. The van der Waals surface area contributed by atoms with Crippen molar-refractivity contribution < 1.29 is 33.2 Å². The maximum absolute atomic E-state index is 6.62. The van der Waals surface area contributed by atoms with Crippen LogP contribution in [0, 0.1) is 5.41 Å². The van der Waals surface area contributed by atoms with Crippen LogP contribution in [0.4, 0.5) is 0 Å². The van der Waals surface area contributed by atoms with Crippen LogP contribution in [0.15, 0.2) is 103 Å². The fraction of sp³-hybridized carbons (Fsp3) is 0.385. The van der Waals surface area contributed by atoms with Crippen molar-refractivity contribution in [1.29, 1.82) is 0 Å². The van der Waals surface area contributed by atoms with Crippen molar-refractivity contribution in [3.8, 4) is 34.5 Å². The molecule has 1 aliphatic heterocycles. The highest BCUT2D eigenvalue weighted by molar-refractivity contribution is 6.54. The molecule has 0 aliphatic carbocycles. The van der Waals surface area contributed by atoms with E-state index in [4.69, 9.17) is 33.2 Å². The van der Waals surface area contributed by atoms with E-state index in [-0.39, 0.29) is 5.41 Å². The smallest absolute Gasteiger partial charge is 0.293 e. The van der Waals surface area contributed by atoms with Gasteiger partial charge in [-0.05, 0) is 73.3 Å². The van der Waals surface area contributed by atoms with Gasteiger partial charge >= 0.3 is 0 Å². The van der Waals surface area contributed by atoms with Crippen LogP contribution in [0.1, 0.15) is 46.5 Å². The first kappa shape index (κ1) is 34.7. The van der Waals surface area contributed by atoms with Gasteiger partial charge in [0.2, 0.25) is 5.75 Å². The zero-order valence-corrected chi connectivity index (χ0v) is 29.4. The normalized spacial score (nSPS) is 14.2. The molecule has 0 bridgehead atoms. The highest BCUT2D eigenvalue weighted by Crippen LogP contribution is 2.47. The monoisotopic (exact) mass is 656 g/mol. The minimum atomic E-state index is -1.09. The second kappa shape index (κ2) is 17.5. The topological polar surface area (TPSA) is 64.6 Å². The van der Waals surface area contributed by atoms with Crippen molar-refractivity contribution in [3.63, 3.8) is 0 Å². The first-order valence-electron chi connectivity index (χ1n) is 17.0. The Morgan fingerprint density at radius 2 is 1.13 bits per heavy atom. The standard InChI is InChI=1S/C39H48O7Si/c1-4-25-41-39(42-26-5-2,38(6-3)29-40-30-38)43-27-16-28-47-35-24-23-34(44-31-17-10-7-11-18-31)36(45-32-19-12-8-13-20-32)37(35)46-33-21-14-9-15-22-33/h7-15,17-24H,4-6,16,25-30,47H2,1-3H3. The van der Waals surface area contributed by atoms with Gasteiger partial charge in [-0.3, -0.25) is 0 Å². The number of benzene rings is 4. The largest absolute Gasteiger partial charge is 0.453 e. The van der Waals surface area contributed by atoms with Gasteiger partial charge in [0.05, 0.1) is 48.0 Å². The van der Waals surface area contributed by atoms with E-state index < -0.39 is 15.5 Å². The Balaban J connectivity index is 1.38. The van der Waals surface area contributed by atoms with E-state index in [1.165, 1.54) is 0 Å². The van der Waals surface area contributed by atoms with Crippen LogP contribution in [0.2, 0.25) is 6.04 Å². The fourth-order valence-corrected chi connectivity index (χ4v) is 7.11. The molecular formula is C39H48O7Si. The Kier molecular flexibility index (Phi) is 12.9. The average Bonchev–Trinajstić information content (AvgIpc) is 3.09. The maximum atomic E-state index is 6.62. The maximum Gasteiger partial charge on any atom is 0.293 e. The van der Waals surface area contributed by atoms with Gasteiger partial charge in [0.15, 0.2) is 11.5 Å². The molecule has 0 spiro atoms. The summed E-state index contributed by atoms with van der Waals surface area (Å²) < 4.78 is 44.6. The highest BCUT2D eigenvalue weighted by Gasteiger charge is 2.59. The van der Waals surface area contributed by atoms with E-state index in [2.05, 4.69) is 26.8 Å². The molecule has 1 fully saturated rings. The lowest BCUT2D eigenvalue weighted by Crippen LogP contribution is -2.64. The summed E-state index contributed by atoms with van der Waals surface area (Å²) in [4.78, 5) is 0. The zero-order valence-electron chi connectivity index (χ0n) is 28.0. The van der Waals surface area contributed by atoms with Crippen LogP contribution in [0.5, 0.6) is 34.5 Å². The van der Waals surface area contributed by atoms with Gasteiger partial charge in [-0.15, -0.1) is 0 Å². The molecule has 250 valence electrons. The van der Waals surface area contributed by atoms with Gasteiger partial charge < -0.3 is 33.2 Å². The number of hydrogen-bond donors (Lipinski definition) is 0. The Hall–Kier alpha value is -3.66. The van der Waals surface area contributed by atoms with Crippen molar-refractivity contribution >= 4 is 14.7 Å². The molecule has 0 radical (unpaired) electrons. The molecule has 1 heterocycles. The SMILES string of the molecule is CCCOC(OCCC)(OCCC[SiH2]c1ccc(Oc2ccccc2)c(Oc2ccccc2)c1Oc1ccccc1)C1(CC)COC1. The average molecular weight is 657 g/mol. The molecule has 1 saturated heterocycles. The van der Waals surface area contributed by atoms with E-state index in [1.54, 1.807) is 0 Å². The van der Waals surface area contributed by atoms with Gasteiger partial charge in [0.25, 0.3) is 5.97 Å². The molecule has 0 atom stereocenters. The van der Waals surface area contributed by atoms with Gasteiger partial charge in [0.1, 0.15) is 17.2 Å². The van der Waals surface area contributed by atoms with Gasteiger partial charge in [-0.25, -0.2) is 0 Å². The quantitative estimate of drug-likeness (QED) is 0.0536. The van der Waals surface area contributed by atoms with E-state index in [0.717, 1.165) is 48.4 Å². The van der Waals surface area contributed by atoms with Crippen molar-refractivity contribution in [1.82, 2.24) is 0 Å². The third-order valence-corrected chi connectivity index (χ3v) is 10.2. The summed E-state index contributed by atoms with van der Waals surface area (Å²) in [6.07, 6.45) is 3.49. The fourth-order valence-electron chi connectivity index (χ4n) is 5.53.